The van der Waals surface area contributed by atoms with Crippen molar-refractivity contribution < 1.29 is 0 Å². The van der Waals surface area contributed by atoms with Crippen LogP contribution in [0.25, 0.3) is 16.7 Å². The second kappa shape index (κ2) is 17.1. The van der Waals surface area contributed by atoms with Crippen molar-refractivity contribution in [2.45, 2.75) is 71.4 Å². The minimum Gasteiger partial charge on any atom is -0.385 e. The van der Waals surface area contributed by atoms with Gasteiger partial charge in [0.25, 0.3) is 0 Å². The van der Waals surface area contributed by atoms with E-state index in [1.54, 1.807) is 0 Å². The highest BCUT2D eigenvalue weighted by Crippen LogP contribution is 2.28. The number of nitrogens with one attached hydrogen (secondary N) is 2. The Labute approximate surface area is 273 Å². The van der Waals surface area contributed by atoms with E-state index in [1.807, 2.05) is 18.2 Å². The lowest BCUT2D eigenvalue weighted by Gasteiger charge is -2.33. The van der Waals surface area contributed by atoms with Crippen molar-refractivity contribution in [1.29, 1.82) is 5.41 Å². The zero-order chi connectivity index (χ0) is 32.2. The van der Waals surface area contributed by atoms with Gasteiger partial charge in [-0.15, -0.1) is 0 Å². The lowest BCUT2D eigenvalue weighted by atomic mass is 9.94. The first-order valence-electron chi connectivity index (χ1n) is 16.8. The van der Waals surface area contributed by atoms with Crippen molar-refractivity contribution in [1.82, 2.24) is 15.1 Å². The van der Waals surface area contributed by atoms with E-state index in [0.29, 0.717) is 0 Å². The largest absolute Gasteiger partial charge is 0.385 e. The molecule has 2 atom stereocenters. The summed E-state index contributed by atoms with van der Waals surface area (Å²) in [5.74, 6) is 0. The number of benzene rings is 3. The van der Waals surface area contributed by atoms with Gasteiger partial charge in [-0.3, -0.25) is 4.90 Å². The molecule has 0 spiro atoms. The third-order valence-corrected chi connectivity index (χ3v) is 9.52. The van der Waals surface area contributed by atoms with E-state index in [0.717, 1.165) is 65.0 Å². The molecule has 4 heteroatoms. The van der Waals surface area contributed by atoms with Crippen LogP contribution in [0.4, 0.5) is 0 Å². The first-order valence-corrected chi connectivity index (χ1v) is 16.8. The molecular weight excluding hydrogens is 548 g/mol. The highest BCUT2D eigenvalue weighted by molar-refractivity contribution is 5.82. The molecule has 0 bridgehead atoms. The van der Waals surface area contributed by atoms with E-state index in [2.05, 4.69) is 117 Å². The molecule has 2 heterocycles. The number of likely N-dealkylation sites (tertiary alicyclic amines) is 2. The first kappa shape index (κ1) is 34.1. The van der Waals surface area contributed by atoms with Crippen LogP contribution in [0.5, 0.6) is 0 Å². The maximum absolute atomic E-state index is 7.38. The number of hydrogen-bond acceptors (Lipinski definition) is 4. The molecule has 45 heavy (non-hydrogen) atoms. The summed E-state index contributed by atoms with van der Waals surface area (Å²) in [6, 6.07) is 24.9. The topological polar surface area (TPSA) is 42.4 Å². The fraction of sp³-hybridized carbons (Fsp3) is 0.390. The van der Waals surface area contributed by atoms with Crippen LogP contribution in [0.1, 0.15) is 67.3 Å². The number of likely N-dealkylation sites (N-methyl/N-ethyl adjacent to an activating group) is 1. The molecule has 0 aromatic heterocycles. The van der Waals surface area contributed by atoms with E-state index in [9.17, 15) is 0 Å². The third kappa shape index (κ3) is 9.63. The van der Waals surface area contributed by atoms with Gasteiger partial charge in [-0.05, 0) is 136 Å². The SMILES string of the molecule is C=C/C(=C/C(=C)NCCc1cccc(CC)c1)c1cc(-c2ccc(C=N)cc2)ccc1C.CC(C1CCCN1C)N1CCCC1. The fourth-order valence-corrected chi connectivity index (χ4v) is 6.68. The van der Waals surface area contributed by atoms with E-state index >= 15 is 0 Å². The minimum atomic E-state index is 0.787. The van der Waals surface area contributed by atoms with Crippen LogP contribution < -0.4 is 5.32 Å². The van der Waals surface area contributed by atoms with Gasteiger partial charge in [0.2, 0.25) is 0 Å². The van der Waals surface area contributed by atoms with Crippen LogP contribution in [0.15, 0.2) is 97.7 Å². The van der Waals surface area contributed by atoms with Gasteiger partial charge < -0.3 is 15.6 Å². The number of aryl methyl sites for hydroxylation is 2. The third-order valence-electron chi connectivity index (χ3n) is 9.52. The molecule has 0 radical (unpaired) electrons. The number of nitrogens with zero attached hydrogens (tertiary/aromatic N) is 2. The van der Waals surface area contributed by atoms with Crippen LogP contribution in [0, 0.1) is 12.3 Å². The summed E-state index contributed by atoms with van der Waals surface area (Å²) in [7, 11) is 2.28. The first-order chi connectivity index (χ1) is 21.8. The van der Waals surface area contributed by atoms with Crippen LogP contribution in [-0.2, 0) is 12.8 Å². The number of hydrogen-bond donors (Lipinski definition) is 2. The summed E-state index contributed by atoms with van der Waals surface area (Å²) >= 11 is 0. The summed E-state index contributed by atoms with van der Waals surface area (Å²) in [5.41, 5.74) is 10.2. The van der Waals surface area contributed by atoms with Gasteiger partial charge in [-0.2, -0.15) is 0 Å². The average molecular weight is 603 g/mol. The molecule has 4 nitrogen and oxygen atoms in total. The number of allylic oxidation sites excluding steroid dienone is 3. The molecule has 3 aromatic rings. The Hall–Kier alpha value is -3.73. The maximum atomic E-state index is 7.38. The highest BCUT2D eigenvalue weighted by atomic mass is 15.2. The second-order valence-corrected chi connectivity index (χ2v) is 12.6. The summed E-state index contributed by atoms with van der Waals surface area (Å²) in [6.07, 6.45) is 13.0. The van der Waals surface area contributed by atoms with Crippen molar-refractivity contribution in [3.8, 4) is 11.1 Å². The highest BCUT2D eigenvalue weighted by Gasteiger charge is 2.31. The normalized spacial score (nSPS) is 17.8. The maximum Gasteiger partial charge on any atom is 0.0273 e. The molecular formula is C41H54N4. The molecule has 5 rings (SSSR count). The van der Waals surface area contributed by atoms with Crippen LogP contribution in [-0.4, -0.2) is 61.3 Å². The lowest BCUT2D eigenvalue weighted by molar-refractivity contribution is 0.152. The van der Waals surface area contributed by atoms with Crippen molar-refractivity contribution in [2.75, 3.05) is 33.2 Å². The molecule has 2 saturated heterocycles. The van der Waals surface area contributed by atoms with Crippen molar-refractivity contribution in [3.05, 3.63) is 126 Å². The summed E-state index contributed by atoms with van der Waals surface area (Å²) in [6.45, 7) is 19.8. The summed E-state index contributed by atoms with van der Waals surface area (Å²) < 4.78 is 0. The van der Waals surface area contributed by atoms with Crippen molar-refractivity contribution in [3.63, 3.8) is 0 Å². The van der Waals surface area contributed by atoms with Crippen molar-refractivity contribution >= 4 is 11.8 Å². The Morgan fingerprint density at radius 2 is 1.69 bits per heavy atom. The molecule has 2 unspecified atom stereocenters. The Morgan fingerprint density at radius 3 is 2.33 bits per heavy atom. The van der Waals surface area contributed by atoms with Gasteiger partial charge >= 0.3 is 0 Å². The van der Waals surface area contributed by atoms with Gasteiger partial charge in [0.15, 0.2) is 0 Å². The summed E-state index contributed by atoms with van der Waals surface area (Å²) in [4.78, 5) is 5.22. The van der Waals surface area contributed by atoms with E-state index < -0.39 is 0 Å². The van der Waals surface area contributed by atoms with Gasteiger partial charge in [-0.1, -0.05) is 86.8 Å². The molecule has 0 amide bonds. The van der Waals surface area contributed by atoms with Crippen molar-refractivity contribution in [2.24, 2.45) is 0 Å². The zero-order valence-electron chi connectivity index (χ0n) is 28.1. The molecule has 2 aliphatic heterocycles. The van der Waals surface area contributed by atoms with Crippen LogP contribution in [0.3, 0.4) is 0 Å². The van der Waals surface area contributed by atoms with Gasteiger partial charge in [0.05, 0.1) is 0 Å². The molecule has 238 valence electrons. The van der Waals surface area contributed by atoms with Gasteiger partial charge in [0.1, 0.15) is 0 Å². The quantitative estimate of drug-likeness (QED) is 0.161. The molecule has 2 aliphatic rings. The fourth-order valence-electron chi connectivity index (χ4n) is 6.68. The van der Waals surface area contributed by atoms with Gasteiger partial charge in [-0.25, -0.2) is 0 Å². The van der Waals surface area contributed by atoms with E-state index in [4.69, 9.17) is 5.41 Å². The average Bonchev–Trinajstić information content (AvgIpc) is 3.77. The molecule has 3 aromatic carbocycles. The Bertz CT molecular complexity index is 1440. The minimum absolute atomic E-state index is 0.787. The predicted molar refractivity (Wildman–Crippen MR) is 195 cm³/mol. The van der Waals surface area contributed by atoms with E-state index in [1.165, 1.54) is 68.2 Å². The Balaban J connectivity index is 0.000000293. The lowest BCUT2D eigenvalue weighted by Crippen LogP contribution is -2.45. The van der Waals surface area contributed by atoms with Gasteiger partial charge in [0, 0.05) is 30.5 Å². The smallest absolute Gasteiger partial charge is 0.0273 e. The molecule has 0 aliphatic carbocycles. The zero-order valence-corrected chi connectivity index (χ0v) is 28.1. The van der Waals surface area contributed by atoms with Crippen LogP contribution in [0.2, 0.25) is 0 Å². The summed E-state index contributed by atoms with van der Waals surface area (Å²) in [5, 5.41) is 10.8. The number of rotatable bonds is 12. The molecule has 2 N–H and O–H groups in total. The van der Waals surface area contributed by atoms with E-state index in [-0.39, 0.29) is 0 Å². The Kier molecular flexibility index (Phi) is 13.0. The standard InChI is InChI=1S/C30H32N2.C11H22N2/c1-5-24-8-7-9-25(19-24)16-17-32-23(4)18-27(6-2)30-20-29(13-10-22(30)3)28-14-11-26(21-31)12-15-28;1-10(13-8-3-4-9-13)11-6-5-7-12(11)2/h6-15,18-21,31-32H,2,4-5,16-17H2,1,3H3;10-11H,3-9H2,1-2H3/b27-18-,31-21?;. The monoisotopic (exact) mass is 602 g/mol. The predicted octanol–water partition coefficient (Wildman–Crippen LogP) is 8.70. The molecule has 0 saturated carbocycles. The second-order valence-electron chi connectivity index (χ2n) is 12.6. The Morgan fingerprint density at radius 1 is 0.978 bits per heavy atom. The molecule has 2 fully saturated rings. The van der Waals surface area contributed by atoms with Crippen LogP contribution >= 0.6 is 0 Å².